The smallest absolute Gasteiger partial charge is 0.187 e. The molecule has 0 unspecified atom stereocenters. The molecule has 0 saturated heterocycles. The van der Waals surface area contributed by atoms with Crippen LogP contribution in [0.2, 0.25) is 0 Å². The van der Waals surface area contributed by atoms with Crippen LogP contribution in [0, 0.1) is 5.92 Å². The second kappa shape index (κ2) is 5.21. The molecular formula is C18H17N3S. The minimum absolute atomic E-state index is 0.113. The van der Waals surface area contributed by atoms with Crippen molar-refractivity contribution in [2.24, 2.45) is 16.8 Å². The monoisotopic (exact) mass is 307 g/mol. The molecule has 0 amide bonds. The lowest BCUT2D eigenvalue weighted by atomic mass is 9.77. The maximum atomic E-state index is 5.95. The Hall–Kier alpha value is -2.20. The van der Waals surface area contributed by atoms with Gasteiger partial charge in [-0.25, -0.2) is 5.01 Å². The number of rotatable bonds is 1. The summed E-state index contributed by atoms with van der Waals surface area (Å²) in [6.07, 6.45) is 2.16. The minimum Gasteiger partial charge on any atom is -0.375 e. The summed E-state index contributed by atoms with van der Waals surface area (Å²) in [6.45, 7) is 0. The summed E-state index contributed by atoms with van der Waals surface area (Å²) < 4.78 is 0. The van der Waals surface area contributed by atoms with E-state index in [4.69, 9.17) is 23.1 Å². The van der Waals surface area contributed by atoms with Crippen molar-refractivity contribution >= 4 is 23.0 Å². The average Bonchev–Trinajstić information content (AvgIpc) is 2.96. The van der Waals surface area contributed by atoms with E-state index in [2.05, 4.69) is 48.5 Å². The van der Waals surface area contributed by atoms with E-state index in [1.165, 1.54) is 16.7 Å². The first-order valence-corrected chi connectivity index (χ1v) is 7.97. The lowest BCUT2D eigenvalue weighted by Gasteiger charge is -2.29. The van der Waals surface area contributed by atoms with Crippen LogP contribution in [0.3, 0.4) is 0 Å². The molecule has 22 heavy (non-hydrogen) atoms. The molecule has 2 aliphatic rings. The van der Waals surface area contributed by atoms with E-state index in [9.17, 15) is 0 Å². The SMILES string of the molecule is NC(=S)N1N=C2c3ccccc3CC[C@@H]2[C@@H]1c1ccccc1. The van der Waals surface area contributed by atoms with Gasteiger partial charge in [-0.2, -0.15) is 5.10 Å². The number of fused-ring (bicyclic) bond motifs is 3. The molecule has 0 radical (unpaired) electrons. The van der Waals surface area contributed by atoms with Gasteiger partial charge in [0.15, 0.2) is 5.11 Å². The van der Waals surface area contributed by atoms with E-state index in [0.717, 1.165) is 18.6 Å². The summed E-state index contributed by atoms with van der Waals surface area (Å²) in [5.41, 5.74) is 10.9. The van der Waals surface area contributed by atoms with Crippen molar-refractivity contribution in [3.63, 3.8) is 0 Å². The third kappa shape index (κ3) is 2.03. The Kier molecular flexibility index (Phi) is 3.19. The maximum Gasteiger partial charge on any atom is 0.187 e. The summed E-state index contributed by atoms with van der Waals surface area (Å²) in [7, 11) is 0. The van der Waals surface area contributed by atoms with E-state index in [-0.39, 0.29) is 6.04 Å². The number of nitrogens with two attached hydrogens (primary N) is 1. The number of hydrogen-bond donors (Lipinski definition) is 1. The van der Waals surface area contributed by atoms with Gasteiger partial charge >= 0.3 is 0 Å². The largest absolute Gasteiger partial charge is 0.375 e. The van der Waals surface area contributed by atoms with E-state index in [0.29, 0.717) is 11.0 Å². The normalized spacial score (nSPS) is 22.7. The van der Waals surface area contributed by atoms with Gasteiger partial charge in [-0.05, 0) is 36.2 Å². The first-order valence-electron chi connectivity index (χ1n) is 7.56. The number of nitrogens with zero attached hydrogens (tertiary/aromatic N) is 2. The second-order valence-corrected chi connectivity index (χ2v) is 6.24. The lowest BCUT2D eigenvalue weighted by Crippen LogP contribution is -2.35. The van der Waals surface area contributed by atoms with Crippen molar-refractivity contribution in [2.45, 2.75) is 18.9 Å². The van der Waals surface area contributed by atoms with E-state index >= 15 is 0 Å². The highest BCUT2D eigenvalue weighted by Gasteiger charge is 2.42. The molecule has 2 atom stereocenters. The summed E-state index contributed by atoms with van der Waals surface area (Å²) in [5, 5.41) is 6.96. The summed E-state index contributed by atoms with van der Waals surface area (Å²) >= 11 is 5.25. The van der Waals surface area contributed by atoms with Crippen LogP contribution in [0.15, 0.2) is 59.7 Å². The molecule has 2 aromatic rings. The topological polar surface area (TPSA) is 41.6 Å². The molecule has 4 rings (SSSR count). The van der Waals surface area contributed by atoms with Gasteiger partial charge < -0.3 is 5.73 Å². The van der Waals surface area contributed by atoms with Crippen LogP contribution in [0.5, 0.6) is 0 Å². The summed E-state index contributed by atoms with van der Waals surface area (Å²) in [6, 6.07) is 19.0. The zero-order valence-corrected chi connectivity index (χ0v) is 13.0. The number of benzene rings is 2. The van der Waals surface area contributed by atoms with Gasteiger partial charge in [0.05, 0.1) is 11.8 Å². The number of aryl methyl sites for hydroxylation is 1. The molecule has 1 heterocycles. The van der Waals surface area contributed by atoms with Gasteiger partial charge in [-0.15, -0.1) is 0 Å². The highest BCUT2D eigenvalue weighted by molar-refractivity contribution is 7.80. The first-order chi connectivity index (χ1) is 10.8. The molecule has 110 valence electrons. The van der Waals surface area contributed by atoms with Gasteiger partial charge in [0, 0.05) is 11.5 Å². The molecule has 0 bridgehead atoms. The first kappa shape index (κ1) is 13.5. The molecular weight excluding hydrogens is 290 g/mol. The Balaban J connectivity index is 1.82. The Labute approximate surface area is 135 Å². The molecule has 0 saturated carbocycles. The van der Waals surface area contributed by atoms with Gasteiger partial charge in [-0.3, -0.25) is 0 Å². The molecule has 2 aromatic carbocycles. The third-order valence-corrected chi connectivity index (χ3v) is 4.78. The molecule has 0 spiro atoms. The van der Waals surface area contributed by atoms with Gasteiger partial charge in [0.2, 0.25) is 0 Å². The minimum atomic E-state index is 0.113. The van der Waals surface area contributed by atoms with E-state index < -0.39 is 0 Å². The van der Waals surface area contributed by atoms with Crippen molar-refractivity contribution in [3.8, 4) is 0 Å². The Bertz CT molecular complexity index is 754. The predicted molar refractivity (Wildman–Crippen MR) is 92.6 cm³/mol. The Morgan fingerprint density at radius 2 is 1.82 bits per heavy atom. The molecule has 1 aliphatic heterocycles. The second-order valence-electron chi connectivity index (χ2n) is 5.83. The fourth-order valence-corrected chi connectivity index (χ4v) is 3.78. The van der Waals surface area contributed by atoms with Crippen LogP contribution in [0.1, 0.15) is 29.2 Å². The fourth-order valence-electron chi connectivity index (χ4n) is 3.63. The quantitative estimate of drug-likeness (QED) is 0.822. The van der Waals surface area contributed by atoms with Gasteiger partial charge in [-0.1, -0.05) is 54.6 Å². The van der Waals surface area contributed by atoms with Crippen LogP contribution in [0.4, 0.5) is 0 Å². The van der Waals surface area contributed by atoms with Crippen molar-refractivity contribution in [2.75, 3.05) is 0 Å². The van der Waals surface area contributed by atoms with Crippen molar-refractivity contribution < 1.29 is 0 Å². The molecule has 3 nitrogen and oxygen atoms in total. The predicted octanol–water partition coefficient (Wildman–Crippen LogP) is 3.25. The summed E-state index contributed by atoms with van der Waals surface area (Å²) in [4.78, 5) is 0. The highest BCUT2D eigenvalue weighted by atomic mass is 32.1. The molecule has 4 heteroatoms. The summed E-state index contributed by atoms with van der Waals surface area (Å²) in [5.74, 6) is 0.346. The maximum absolute atomic E-state index is 5.95. The van der Waals surface area contributed by atoms with Crippen LogP contribution < -0.4 is 5.73 Å². The Morgan fingerprint density at radius 3 is 2.59 bits per heavy atom. The number of hydrogen-bond acceptors (Lipinski definition) is 2. The van der Waals surface area contributed by atoms with E-state index in [1.54, 1.807) is 0 Å². The van der Waals surface area contributed by atoms with Crippen molar-refractivity contribution in [1.29, 1.82) is 0 Å². The zero-order valence-electron chi connectivity index (χ0n) is 12.1. The zero-order chi connectivity index (χ0) is 15.1. The van der Waals surface area contributed by atoms with Gasteiger partial charge in [0.1, 0.15) is 0 Å². The lowest BCUT2D eigenvalue weighted by molar-refractivity contribution is 0.309. The van der Waals surface area contributed by atoms with Crippen LogP contribution in [0.25, 0.3) is 0 Å². The van der Waals surface area contributed by atoms with Crippen LogP contribution in [-0.4, -0.2) is 15.8 Å². The fraction of sp³-hybridized carbons (Fsp3) is 0.222. The molecule has 0 aromatic heterocycles. The molecule has 1 aliphatic carbocycles. The average molecular weight is 307 g/mol. The van der Waals surface area contributed by atoms with Crippen LogP contribution >= 0.6 is 12.2 Å². The number of thiocarbonyl (C=S) groups is 1. The van der Waals surface area contributed by atoms with Crippen molar-refractivity contribution in [1.82, 2.24) is 5.01 Å². The van der Waals surface area contributed by atoms with Crippen LogP contribution in [-0.2, 0) is 6.42 Å². The van der Waals surface area contributed by atoms with E-state index in [1.807, 2.05) is 11.1 Å². The molecule has 2 N–H and O–H groups in total. The third-order valence-electron chi connectivity index (χ3n) is 4.60. The van der Waals surface area contributed by atoms with Crippen molar-refractivity contribution in [3.05, 3.63) is 71.3 Å². The highest BCUT2D eigenvalue weighted by Crippen LogP contribution is 2.42. The van der Waals surface area contributed by atoms with Gasteiger partial charge in [0.25, 0.3) is 0 Å². The molecule has 0 fully saturated rings. The number of hydrazone groups is 1. The standard InChI is InChI=1S/C18H17N3S/c19-18(22)21-17(13-7-2-1-3-8-13)15-11-10-12-6-4-5-9-14(12)16(15)20-21/h1-9,15,17H,10-11H2,(H2,19,22)/t15-,17-/m0/s1. The Morgan fingerprint density at radius 1 is 1.09 bits per heavy atom.